The van der Waals surface area contributed by atoms with E-state index in [0.717, 1.165) is 25.7 Å². The van der Waals surface area contributed by atoms with Crippen molar-refractivity contribution in [1.29, 1.82) is 0 Å². The topological polar surface area (TPSA) is 69.2 Å². The number of rotatable bonds is 16. The Balaban J connectivity index is 0. The van der Waals surface area contributed by atoms with Crippen molar-refractivity contribution in [3.05, 3.63) is 12.2 Å². The van der Waals surface area contributed by atoms with Gasteiger partial charge in [0.1, 0.15) is 0 Å². The smallest absolute Gasteiger partial charge is 0.548 e. The number of hydrogen-bond donors (Lipinski definition) is 1. The van der Waals surface area contributed by atoms with Gasteiger partial charge in [0.05, 0.1) is 12.0 Å². The fraction of sp³-hybridized carbons (Fsp3) is 0.789. The van der Waals surface area contributed by atoms with Crippen molar-refractivity contribution in [2.75, 3.05) is 12.0 Å². The molecule has 1 N–H and O–H groups in total. The van der Waals surface area contributed by atoms with Crippen molar-refractivity contribution in [2.24, 2.45) is 0 Å². The Labute approximate surface area is 180 Å². The molecule has 0 bridgehead atoms. The number of carbonyl (C=O) groups excluding carboxylic acids is 2. The van der Waals surface area contributed by atoms with Gasteiger partial charge < -0.3 is 15.2 Å². The van der Waals surface area contributed by atoms with Crippen molar-refractivity contribution >= 4 is 23.6 Å². The standard InChI is InChI=1S/C19H35NO3S.Na/c1-3-4-5-6-7-8-9-10-11-12-13-14-18(21)20-17(19(22)23)15-16-24-2;/h6-7,17H,3-5,8-16H2,1-2H3,(H,20,21)(H,22,23);/q;+1/p-1/b7-6-;/t17-;/m0./s1. The Morgan fingerprint density at radius 1 is 1.04 bits per heavy atom. The van der Waals surface area contributed by atoms with Gasteiger partial charge in [0, 0.05) is 6.42 Å². The van der Waals surface area contributed by atoms with Gasteiger partial charge in [0.25, 0.3) is 0 Å². The summed E-state index contributed by atoms with van der Waals surface area (Å²) < 4.78 is 0. The summed E-state index contributed by atoms with van der Waals surface area (Å²) in [4.78, 5) is 22.7. The average molecular weight is 380 g/mol. The number of thioether (sulfide) groups is 1. The van der Waals surface area contributed by atoms with Gasteiger partial charge in [-0.05, 0) is 44.1 Å². The van der Waals surface area contributed by atoms with E-state index in [4.69, 9.17) is 0 Å². The maximum Gasteiger partial charge on any atom is 1.00 e. The molecule has 140 valence electrons. The monoisotopic (exact) mass is 379 g/mol. The first kappa shape index (κ1) is 27.3. The molecule has 4 nitrogen and oxygen atoms in total. The molecule has 0 aromatic carbocycles. The first-order valence-corrected chi connectivity index (χ1v) is 10.6. The number of hydrogen-bond acceptors (Lipinski definition) is 4. The number of allylic oxidation sites excluding steroid dienone is 2. The zero-order valence-corrected chi connectivity index (χ0v) is 19.2. The van der Waals surface area contributed by atoms with E-state index in [-0.39, 0.29) is 35.5 Å². The van der Waals surface area contributed by atoms with Crippen LogP contribution < -0.4 is 40.0 Å². The minimum atomic E-state index is -1.19. The Kier molecular flexibility index (Phi) is 22.2. The largest absolute Gasteiger partial charge is 1.00 e. The molecule has 0 radical (unpaired) electrons. The van der Waals surface area contributed by atoms with Crippen molar-refractivity contribution < 1.29 is 44.3 Å². The summed E-state index contributed by atoms with van der Waals surface area (Å²) in [5, 5.41) is 13.5. The van der Waals surface area contributed by atoms with E-state index in [1.807, 2.05) is 6.26 Å². The van der Waals surface area contributed by atoms with Gasteiger partial charge in [-0.2, -0.15) is 11.8 Å². The summed E-state index contributed by atoms with van der Waals surface area (Å²) >= 11 is 1.56. The third-order valence-corrected chi connectivity index (χ3v) is 4.54. The van der Waals surface area contributed by atoms with E-state index < -0.39 is 12.0 Å². The van der Waals surface area contributed by atoms with Gasteiger partial charge in [-0.15, -0.1) is 0 Å². The summed E-state index contributed by atoms with van der Waals surface area (Å²) in [6.45, 7) is 2.21. The van der Waals surface area contributed by atoms with E-state index in [1.165, 1.54) is 32.1 Å². The summed E-state index contributed by atoms with van der Waals surface area (Å²) in [5.74, 6) is -0.667. The van der Waals surface area contributed by atoms with Crippen LogP contribution in [0.1, 0.15) is 77.6 Å². The molecular formula is C19H34NNaO3S. The van der Waals surface area contributed by atoms with Crippen LogP contribution in [0.3, 0.4) is 0 Å². The van der Waals surface area contributed by atoms with E-state index >= 15 is 0 Å². The Morgan fingerprint density at radius 3 is 2.24 bits per heavy atom. The van der Waals surface area contributed by atoms with Crippen LogP contribution in [0.4, 0.5) is 0 Å². The van der Waals surface area contributed by atoms with Crippen molar-refractivity contribution in [3.63, 3.8) is 0 Å². The predicted octanol–water partition coefficient (Wildman–Crippen LogP) is 0.455. The van der Waals surface area contributed by atoms with Crippen molar-refractivity contribution in [1.82, 2.24) is 5.32 Å². The summed E-state index contributed by atoms with van der Waals surface area (Å²) in [6.07, 6.45) is 17.5. The number of carboxylic acid groups (broad SMARTS) is 1. The molecule has 0 aliphatic carbocycles. The SMILES string of the molecule is CCCC/C=C\CCCCCCCC(=O)N[C@@H](CCSC)C(=O)[O-].[Na+]. The summed E-state index contributed by atoms with van der Waals surface area (Å²) in [6, 6.07) is -0.857. The Hall–Kier alpha value is 0.0300. The average Bonchev–Trinajstić information content (AvgIpc) is 2.56. The molecule has 0 fully saturated rings. The summed E-state index contributed by atoms with van der Waals surface area (Å²) in [7, 11) is 0. The fourth-order valence-electron chi connectivity index (χ4n) is 2.39. The molecule has 0 aromatic rings. The van der Waals surface area contributed by atoms with Crippen molar-refractivity contribution in [3.8, 4) is 0 Å². The maximum atomic E-state index is 11.8. The third kappa shape index (κ3) is 18.6. The zero-order valence-electron chi connectivity index (χ0n) is 16.4. The molecule has 0 aliphatic rings. The van der Waals surface area contributed by atoms with Crippen LogP contribution in [-0.2, 0) is 9.59 Å². The number of nitrogens with one attached hydrogen (secondary N) is 1. The van der Waals surface area contributed by atoms with Gasteiger partial charge in [-0.25, -0.2) is 0 Å². The summed E-state index contributed by atoms with van der Waals surface area (Å²) in [5.41, 5.74) is 0. The molecule has 0 aliphatic heterocycles. The van der Waals surface area contributed by atoms with Crippen LogP contribution in [-0.4, -0.2) is 29.9 Å². The zero-order chi connectivity index (χ0) is 18.0. The minimum Gasteiger partial charge on any atom is -0.548 e. The number of amides is 1. The minimum absolute atomic E-state index is 0. The third-order valence-electron chi connectivity index (χ3n) is 3.90. The Bertz CT molecular complexity index is 365. The van der Waals surface area contributed by atoms with Crippen LogP contribution >= 0.6 is 11.8 Å². The number of aliphatic carboxylic acids is 1. The number of carboxylic acids is 1. The predicted molar refractivity (Wildman–Crippen MR) is 101 cm³/mol. The van der Waals surface area contributed by atoms with Crippen LogP contribution in [0.15, 0.2) is 12.2 Å². The maximum absolute atomic E-state index is 11.8. The van der Waals surface area contributed by atoms with Gasteiger partial charge in [-0.3, -0.25) is 4.79 Å². The Morgan fingerprint density at radius 2 is 1.64 bits per heavy atom. The molecule has 1 amide bonds. The van der Waals surface area contributed by atoms with Crippen LogP contribution in [0, 0.1) is 0 Å². The quantitative estimate of drug-likeness (QED) is 0.240. The second-order valence-electron chi connectivity index (χ2n) is 6.14. The van der Waals surface area contributed by atoms with Gasteiger partial charge in [0.15, 0.2) is 0 Å². The molecule has 0 saturated heterocycles. The van der Waals surface area contributed by atoms with Crippen molar-refractivity contribution in [2.45, 2.75) is 83.6 Å². The van der Waals surface area contributed by atoms with Crippen LogP contribution in [0.25, 0.3) is 0 Å². The van der Waals surface area contributed by atoms with Gasteiger partial charge >= 0.3 is 29.6 Å². The molecule has 0 spiro atoms. The van der Waals surface area contributed by atoms with E-state index in [1.54, 1.807) is 11.8 Å². The molecule has 0 rings (SSSR count). The second-order valence-corrected chi connectivity index (χ2v) is 7.13. The van der Waals surface area contributed by atoms with E-state index in [0.29, 0.717) is 18.6 Å². The molecule has 0 saturated carbocycles. The molecule has 25 heavy (non-hydrogen) atoms. The number of carbonyl (C=O) groups is 2. The first-order chi connectivity index (χ1) is 11.6. The van der Waals surface area contributed by atoms with Gasteiger partial charge in [0.2, 0.25) is 5.91 Å². The molecule has 0 unspecified atom stereocenters. The first-order valence-electron chi connectivity index (χ1n) is 9.26. The second kappa shape index (κ2) is 20.3. The molecule has 1 atom stereocenters. The molecular weight excluding hydrogens is 345 g/mol. The van der Waals surface area contributed by atoms with Gasteiger partial charge in [-0.1, -0.05) is 51.2 Å². The molecule has 6 heteroatoms. The molecule has 0 heterocycles. The number of unbranched alkanes of at least 4 members (excludes halogenated alkanes) is 7. The van der Waals surface area contributed by atoms with Crippen LogP contribution in [0.5, 0.6) is 0 Å². The van der Waals surface area contributed by atoms with E-state index in [2.05, 4.69) is 24.4 Å². The van der Waals surface area contributed by atoms with E-state index in [9.17, 15) is 14.7 Å². The normalized spacial score (nSPS) is 11.9. The molecule has 0 aromatic heterocycles. The van der Waals surface area contributed by atoms with Crippen LogP contribution in [0.2, 0.25) is 0 Å². The fourth-order valence-corrected chi connectivity index (χ4v) is 2.86.